The summed E-state index contributed by atoms with van der Waals surface area (Å²) in [5, 5.41) is 18.7. The molecule has 0 aliphatic rings. The number of nitrogens with one attached hydrogen (secondary N) is 3. The number of aromatic amines is 1. The zero-order valence-electron chi connectivity index (χ0n) is 17.8. The molecular formula is C23H17F3N6O3. The fourth-order valence-corrected chi connectivity index (χ4v) is 3.01. The molecular weight excluding hydrogens is 465 g/mol. The van der Waals surface area contributed by atoms with Crippen LogP contribution in [0.25, 0.3) is 11.4 Å². The first-order valence-corrected chi connectivity index (χ1v) is 10.1. The molecule has 0 aliphatic heterocycles. The van der Waals surface area contributed by atoms with Gasteiger partial charge < -0.3 is 15.4 Å². The molecule has 0 bridgehead atoms. The Hall–Kier alpha value is -4.74. The van der Waals surface area contributed by atoms with E-state index in [1.165, 1.54) is 36.4 Å². The van der Waals surface area contributed by atoms with Gasteiger partial charge in [0.1, 0.15) is 5.75 Å². The van der Waals surface area contributed by atoms with Gasteiger partial charge in [0.05, 0.1) is 5.56 Å². The third-order valence-corrected chi connectivity index (χ3v) is 4.71. The molecule has 0 saturated carbocycles. The van der Waals surface area contributed by atoms with Crippen LogP contribution in [-0.2, 0) is 11.0 Å². The van der Waals surface area contributed by atoms with Crippen molar-refractivity contribution in [2.75, 3.05) is 17.2 Å². The van der Waals surface area contributed by atoms with Gasteiger partial charge in [-0.1, -0.05) is 6.07 Å². The Balaban J connectivity index is 1.28. The normalized spacial score (nSPS) is 11.1. The van der Waals surface area contributed by atoms with Crippen LogP contribution >= 0.6 is 0 Å². The Morgan fingerprint density at radius 1 is 0.914 bits per heavy atom. The first-order valence-electron chi connectivity index (χ1n) is 10.1. The summed E-state index contributed by atoms with van der Waals surface area (Å²) in [4.78, 5) is 24.5. The van der Waals surface area contributed by atoms with E-state index in [4.69, 9.17) is 4.74 Å². The van der Waals surface area contributed by atoms with Crippen molar-refractivity contribution in [2.45, 2.75) is 6.18 Å². The highest BCUT2D eigenvalue weighted by atomic mass is 19.4. The van der Waals surface area contributed by atoms with Crippen LogP contribution in [0.15, 0.2) is 72.8 Å². The number of benzene rings is 3. The van der Waals surface area contributed by atoms with Gasteiger partial charge in [-0.2, -0.15) is 18.4 Å². The summed E-state index contributed by atoms with van der Waals surface area (Å²) in [6, 6.07) is 17.2. The van der Waals surface area contributed by atoms with E-state index < -0.39 is 24.3 Å². The first-order chi connectivity index (χ1) is 16.8. The predicted octanol–water partition coefficient (Wildman–Crippen LogP) is 4.16. The summed E-state index contributed by atoms with van der Waals surface area (Å²) < 4.78 is 43.7. The maximum Gasteiger partial charge on any atom is 0.416 e. The van der Waals surface area contributed by atoms with Crippen molar-refractivity contribution >= 4 is 23.2 Å². The van der Waals surface area contributed by atoms with Gasteiger partial charge >= 0.3 is 6.18 Å². The molecule has 35 heavy (non-hydrogen) atoms. The fourth-order valence-electron chi connectivity index (χ4n) is 3.01. The molecule has 178 valence electrons. The number of carbonyl (C=O) groups is 2. The Morgan fingerprint density at radius 2 is 1.66 bits per heavy atom. The van der Waals surface area contributed by atoms with E-state index in [9.17, 15) is 22.8 Å². The molecule has 4 rings (SSSR count). The number of hydrogen-bond donors (Lipinski definition) is 3. The molecule has 0 fully saturated rings. The number of nitrogens with zero attached hydrogens (tertiary/aromatic N) is 3. The highest BCUT2D eigenvalue weighted by Crippen LogP contribution is 2.30. The highest BCUT2D eigenvalue weighted by molar-refractivity contribution is 6.04. The van der Waals surface area contributed by atoms with E-state index in [-0.39, 0.29) is 11.6 Å². The average Bonchev–Trinajstić information content (AvgIpc) is 3.38. The summed E-state index contributed by atoms with van der Waals surface area (Å²) >= 11 is 0. The van der Waals surface area contributed by atoms with Crippen LogP contribution in [0.3, 0.4) is 0 Å². The second-order valence-corrected chi connectivity index (χ2v) is 7.21. The molecule has 4 aromatic rings. The van der Waals surface area contributed by atoms with Crippen molar-refractivity contribution in [1.29, 1.82) is 0 Å². The second-order valence-electron chi connectivity index (χ2n) is 7.21. The topological polar surface area (TPSA) is 122 Å². The molecule has 1 heterocycles. The summed E-state index contributed by atoms with van der Waals surface area (Å²) in [6.45, 7) is -0.422. The van der Waals surface area contributed by atoms with Gasteiger partial charge in [0.2, 0.25) is 5.82 Å². The number of carbonyl (C=O) groups excluding carboxylic acids is 2. The molecule has 0 aliphatic carbocycles. The van der Waals surface area contributed by atoms with Crippen LogP contribution in [0.5, 0.6) is 5.75 Å². The SMILES string of the molecule is O=C(COc1ccc(C(=O)Nc2ccc(-c3nn[nH]n3)cc2)cc1)Nc1cccc(C(F)(F)F)c1. The van der Waals surface area contributed by atoms with Gasteiger partial charge in [-0.05, 0) is 71.9 Å². The maximum absolute atomic E-state index is 12.8. The van der Waals surface area contributed by atoms with Gasteiger partial charge in [0.25, 0.3) is 11.8 Å². The zero-order valence-corrected chi connectivity index (χ0v) is 17.8. The van der Waals surface area contributed by atoms with Gasteiger partial charge in [-0.25, -0.2) is 0 Å². The Bertz CT molecular complexity index is 1310. The number of rotatable bonds is 7. The third-order valence-electron chi connectivity index (χ3n) is 4.71. The molecule has 1 aromatic heterocycles. The highest BCUT2D eigenvalue weighted by Gasteiger charge is 2.30. The van der Waals surface area contributed by atoms with Crippen molar-refractivity contribution in [3.8, 4) is 17.1 Å². The van der Waals surface area contributed by atoms with Gasteiger partial charge in [-0.15, -0.1) is 10.2 Å². The van der Waals surface area contributed by atoms with Crippen molar-refractivity contribution in [2.24, 2.45) is 0 Å². The van der Waals surface area contributed by atoms with Gasteiger partial charge in [0.15, 0.2) is 6.61 Å². The standard InChI is InChI=1S/C23H17F3N6O3/c24-23(25,26)16-2-1-3-18(12-16)27-20(33)13-35-19-10-6-15(7-11-19)22(34)28-17-8-4-14(5-9-17)21-29-31-32-30-21/h1-12H,13H2,(H,27,33)(H,28,34)(H,29,30,31,32). The Morgan fingerprint density at radius 3 is 2.31 bits per heavy atom. The summed E-state index contributed by atoms with van der Waals surface area (Å²) in [7, 11) is 0. The van der Waals surface area contributed by atoms with Crippen molar-refractivity contribution < 1.29 is 27.5 Å². The maximum atomic E-state index is 12.8. The molecule has 0 saturated heterocycles. The summed E-state index contributed by atoms with van der Waals surface area (Å²) in [6.07, 6.45) is -4.51. The lowest BCUT2D eigenvalue weighted by Gasteiger charge is -2.11. The molecule has 0 radical (unpaired) electrons. The summed E-state index contributed by atoms with van der Waals surface area (Å²) in [5.41, 5.74) is 0.788. The van der Waals surface area contributed by atoms with E-state index in [0.29, 0.717) is 22.8 Å². The molecule has 0 unspecified atom stereocenters. The first kappa shape index (κ1) is 23.4. The minimum Gasteiger partial charge on any atom is -0.484 e. The van der Waals surface area contributed by atoms with Gasteiger partial charge in [0, 0.05) is 22.5 Å². The van der Waals surface area contributed by atoms with E-state index in [0.717, 1.165) is 17.7 Å². The van der Waals surface area contributed by atoms with E-state index in [1.807, 2.05) is 0 Å². The molecule has 12 heteroatoms. The lowest BCUT2D eigenvalue weighted by molar-refractivity contribution is -0.137. The van der Waals surface area contributed by atoms with Crippen LogP contribution in [0, 0.1) is 0 Å². The number of amides is 2. The largest absolute Gasteiger partial charge is 0.484 e. The number of aromatic nitrogens is 4. The minimum absolute atomic E-state index is 0.00534. The van der Waals surface area contributed by atoms with E-state index in [1.54, 1.807) is 24.3 Å². The number of halogens is 3. The third kappa shape index (κ3) is 6.19. The van der Waals surface area contributed by atoms with Crippen LogP contribution in [0.4, 0.5) is 24.5 Å². The van der Waals surface area contributed by atoms with Crippen molar-refractivity contribution in [3.05, 3.63) is 83.9 Å². The zero-order chi connectivity index (χ0) is 24.8. The van der Waals surface area contributed by atoms with Crippen LogP contribution in [-0.4, -0.2) is 39.0 Å². The van der Waals surface area contributed by atoms with Crippen LogP contribution < -0.4 is 15.4 Å². The number of hydrogen-bond acceptors (Lipinski definition) is 6. The Labute approximate surface area is 196 Å². The average molecular weight is 482 g/mol. The van der Waals surface area contributed by atoms with Crippen molar-refractivity contribution in [1.82, 2.24) is 20.6 Å². The van der Waals surface area contributed by atoms with Crippen molar-refractivity contribution in [3.63, 3.8) is 0 Å². The summed E-state index contributed by atoms with van der Waals surface area (Å²) in [5.74, 6) is -0.242. The monoisotopic (exact) mass is 482 g/mol. The molecule has 0 atom stereocenters. The Kier molecular flexibility index (Phi) is 6.71. The van der Waals surface area contributed by atoms with E-state index in [2.05, 4.69) is 31.3 Å². The quantitative estimate of drug-likeness (QED) is 0.364. The lowest BCUT2D eigenvalue weighted by Crippen LogP contribution is -2.20. The number of ether oxygens (including phenoxy) is 1. The molecule has 2 amide bonds. The number of anilines is 2. The van der Waals surface area contributed by atoms with Crippen LogP contribution in [0.2, 0.25) is 0 Å². The molecule has 0 spiro atoms. The predicted molar refractivity (Wildman–Crippen MR) is 120 cm³/mol. The fraction of sp³-hybridized carbons (Fsp3) is 0.0870. The van der Waals surface area contributed by atoms with E-state index >= 15 is 0 Å². The lowest BCUT2D eigenvalue weighted by atomic mass is 10.1. The number of tetrazole rings is 1. The van der Waals surface area contributed by atoms with Crippen LogP contribution in [0.1, 0.15) is 15.9 Å². The molecule has 9 nitrogen and oxygen atoms in total. The smallest absolute Gasteiger partial charge is 0.416 e. The number of H-pyrrole nitrogens is 1. The minimum atomic E-state index is -4.51. The van der Waals surface area contributed by atoms with Gasteiger partial charge in [-0.3, -0.25) is 9.59 Å². The molecule has 3 aromatic carbocycles. The molecule has 3 N–H and O–H groups in total. The number of alkyl halides is 3. The second kappa shape index (κ2) is 10.0.